The number of rotatable bonds is 11. The third-order valence-corrected chi connectivity index (χ3v) is 6.19. The molecule has 0 aliphatic rings. The first kappa shape index (κ1) is 25.9. The molecule has 0 aliphatic heterocycles. The lowest BCUT2D eigenvalue weighted by Crippen LogP contribution is -2.15. The molecule has 0 bridgehead atoms. The number of thiophene rings is 1. The number of aryl methyl sites for hydroxylation is 1. The zero-order valence-corrected chi connectivity index (χ0v) is 21.3. The van der Waals surface area contributed by atoms with Gasteiger partial charge in [0.15, 0.2) is 0 Å². The van der Waals surface area contributed by atoms with E-state index in [0.29, 0.717) is 12.2 Å². The number of benzene rings is 1. The fraction of sp³-hybridized carbons (Fsp3) is 0.464. The van der Waals surface area contributed by atoms with Gasteiger partial charge >= 0.3 is 5.97 Å². The minimum absolute atomic E-state index is 0.0363. The van der Waals surface area contributed by atoms with Crippen LogP contribution in [0.15, 0.2) is 41.3 Å². The molecule has 0 atom stereocenters. The maximum Gasteiger partial charge on any atom is 0.328 e. The molecule has 1 heterocycles. The van der Waals surface area contributed by atoms with Crippen molar-refractivity contribution in [1.29, 1.82) is 0 Å². The van der Waals surface area contributed by atoms with Gasteiger partial charge in [0.2, 0.25) is 0 Å². The SMILES string of the molecule is CCCCCc1cc(-c2ccsc2/C=C/C(C)=C/C(=O)O)c(OCCC)c(C(C)(C)C)c1. The number of ether oxygens (including phenoxy) is 1. The third-order valence-electron chi connectivity index (χ3n) is 5.31. The van der Waals surface area contributed by atoms with Crippen LogP contribution < -0.4 is 4.74 Å². The van der Waals surface area contributed by atoms with Crippen LogP contribution in [0.2, 0.25) is 0 Å². The highest BCUT2D eigenvalue weighted by Gasteiger charge is 2.24. The molecular formula is C28H38O3S. The molecule has 1 aromatic heterocycles. The number of unbranched alkanes of at least 4 members (excludes halogenated alkanes) is 2. The molecule has 4 heteroatoms. The molecule has 0 radical (unpaired) electrons. The van der Waals surface area contributed by atoms with Crippen molar-refractivity contribution in [2.24, 2.45) is 0 Å². The fourth-order valence-corrected chi connectivity index (χ4v) is 4.45. The van der Waals surface area contributed by atoms with Crippen LogP contribution in [0.4, 0.5) is 0 Å². The van der Waals surface area contributed by atoms with Crippen LogP contribution in [0.3, 0.4) is 0 Å². The van der Waals surface area contributed by atoms with Gasteiger partial charge in [0.1, 0.15) is 5.75 Å². The summed E-state index contributed by atoms with van der Waals surface area (Å²) in [6, 6.07) is 6.79. The van der Waals surface area contributed by atoms with Crippen LogP contribution in [0, 0.1) is 0 Å². The molecule has 2 aromatic rings. The van der Waals surface area contributed by atoms with Crippen molar-refractivity contribution in [3.63, 3.8) is 0 Å². The summed E-state index contributed by atoms with van der Waals surface area (Å²) in [5.41, 5.74) is 5.55. The van der Waals surface area contributed by atoms with Crippen LogP contribution in [0.5, 0.6) is 5.75 Å². The van der Waals surface area contributed by atoms with Crippen LogP contribution in [0.25, 0.3) is 17.2 Å². The third kappa shape index (κ3) is 7.37. The second-order valence-corrected chi connectivity index (χ2v) is 10.3. The van der Waals surface area contributed by atoms with Gasteiger partial charge in [-0.15, -0.1) is 11.3 Å². The maximum absolute atomic E-state index is 11.0. The highest BCUT2D eigenvalue weighted by Crippen LogP contribution is 2.43. The molecule has 174 valence electrons. The van der Waals surface area contributed by atoms with E-state index in [0.717, 1.165) is 34.6 Å². The average Bonchev–Trinajstić information content (AvgIpc) is 3.18. The average molecular weight is 455 g/mol. The number of hydrogen-bond donors (Lipinski definition) is 1. The lowest BCUT2D eigenvalue weighted by molar-refractivity contribution is -0.131. The molecule has 2 rings (SSSR count). The van der Waals surface area contributed by atoms with Gasteiger partial charge in [-0.25, -0.2) is 4.79 Å². The van der Waals surface area contributed by atoms with Gasteiger partial charge in [-0.05, 0) is 66.3 Å². The zero-order valence-electron chi connectivity index (χ0n) is 20.5. The Labute approximate surface area is 197 Å². The van der Waals surface area contributed by atoms with E-state index < -0.39 is 5.97 Å². The Balaban J connectivity index is 2.62. The molecule has 3 nitrogen and oxygen atoms in total. The monoisotopic (exact) mass is 454 g/mol. The summed E-state index contributed by atoms with van der Waals surface area (Å²) < 4.78 is 6.37. The molecular weight excluding hydrogens is 416 g/mol. The van der Waals surface area contributed by atoms with Crippen molar-refractivity contribution in [2.45, 2.75) is 79.1 Å². The molecule has 0 saturated heterocycles. The van der Waals surface area contributed by atoms with Gasteiger partial charge in [0, 0.05) is 27.6 Å². The van der Waals surface area contributed by atoms with Gasteiger partial charge in [-0.3, -0.25) is 0 Å². The quantitative estimate of drug-likeness (QED) is 0.211. The van der Waals surface area contributed by atoms with E-state index in [-0.39, 0.29) is 5.41 Å². The summed E-state index contributed by atoms with van der Waals surface area (Å²) in [5.74, 6) is 0.0489. The smallest absolute Gasteiger partial charge is 0.328 e. The van der Waals surface area contributed by atoms with Gasteiger partial charge in [0.25, 0.3) is 0 Å². The highest BCUT2D eigenvalue weighted by molar-refractivity contribution is 7.11. The Hall–Kier alpha value is -2.33. The standard InChI is InChI=1S/C28H38O3S/c1-7-9-10-11-21-18-23(27(31-15-8-2)24(19-21)28(4,5)6)22-14-16-32-25(22)13-12-20(3)17-26(29)30/h12-14,16-19H,7-11,15H2,1-6H3,(H,29,30)/b13-12+,20-17+. The van der Waals surface area contributed by atoms with Crippen molar-refractivity contribution in [3.8, 4) is 16.9 Å². The predicted molar refractivity (Wildman–Crippen MR) is 138 cm³/mol. The molecule has 0 amide bonds. The zero-order chi connectivity index (χ0) is 23.7. The Morgan fingerprint density at radius 2 is 1.88 bits per heavy atom. The first-order chi connectivity index (χ1) is 15.2. The Kier molecular flexibility index (Phi) is 9.77. The number of carboxylic acids is 1. The Morgan fingerprint density at radius 1 is 1.12 bits per heavy atom. The fourth-order valence-electron chi connectivity index (χ4n) is 3.65. The minimum Gasteiger partial charge on any atom is -0.493 e. The van der Waals surface area contributed by atoms with Crippen molar-refractivity contribution in [2.75, 3.05) is 6.61 Å². The number of hydrogen-bond acceptors (Lipinski definition) is 3. The summed E-state index contributed by atoms with van der Waals surface area (Å²) in [6.45, 7) is 13.6. The summed E-state index contributed by atoms with van der Waals surface area (Å²) in [4.78, 5) is 12.1. The molecule has 0 saturated carbocycles. The molecule has 1 N–H and O–H groups in total. The number of carbonyl (C=O) groups is 1. The number of carboxylic acid groups (broad SMARTS) is 1. The van der Waals surface area contributed by atoms with Crippen LogP contribution in [0.1, 0.15) is 83.2 Å². The largest absolute Gasteiger partial charge is 0.493 e. The van der Waals surface area contributed by atoms with E-state index >= 15 is 0 Å². The normalized spacial score (nSPS) is 12.5. The Morgan fingerprint density at radius 3 is 2.50 bits per heavy atom. The molecule has 0 unspecified atom stereocenters. The lowest BCUT2D eigenvalue weighted by Gasteiger charge is -2.26. The van der Waals surface area contributed by atoms with E-state index in [1.807, 2.05) is 12.2 Å². The first-order valence-electron chi connectivity index (χ1n) is 11.6. The van der Waals surface area contributed by atoms with E-state index in [4.69, 9.17) is 9.84 Å². The highest BCUT2D eigenvalue weighted by atomic mass is 32.1. The van der Waals surface area contributed by atoms with Crippen molar-refractivity contribution in [3.05, 3.63) is 57.3 Å². The van der Waals surface area contributed by atoms with E-state index in [2.05, 4.69) is 58.2 Å². The maximum atomic E-state index is 11.0. The molecule has 0 spiro atoms. The Bertz CT molecular complexity index is 958. The lowest BCUT2D eigenvalue weighted by atomic mass is 9.82. The topological polar surface area (TPSA) is 46.5 Å². The van der Waals surface area contributed by atoms with Gasteiger partial charge in [-0.2, -0.15) is 0 Å². The minimum atomic E-state index is -0.927. The molecule has 1 aromatic carbocycles. The van der Waals surface area contributed by atoms with Gasteiger partial charge < -0.3 is 9.84 Å². The van der Waals surface area contributed by atoms with Crippen molar-refractivity contribution < 1.29 is 14.6 Å². The summed E-state index contributed by atoms with van der Waals surface area (Å²) in [7, 11) is 0. The summed E-state index contributed by atoms with van der Waals surface area (Å²) >= 11 is 1.66. The molecule has 0 fully saturated rings. The van der Waals surface area contributed by atoms with Crippen LogP contribution in [-0.4, -0.2) is 17.7 Å². The molecule has 32 heavy (non-hydrogen) atoms. The van der Waals surface area contributed by atoms with Crippen LogP contribution >= 0.6 is 11.3 Å². The van der Waals surface area contributed by atoms with E-state index in [1.165, 1.54) is 36.5 Å². The van der Waals surface area contributed by atoms with Crippen molar-refractivity contribution >= 4 is 23.4 Å². The summed E-state index contributed by atoms with van der Waals surface area (Å²) in [6.07, 6.45) is 10.8. The van der Waals surface area contributed by atoms with Crippen LogP contribution in [-0.2, 0) is 16.6 Å². The van der Waals surface area contributed by atoms with E-state index in [9.17, 15) is 4.79 Å². The predicted octanol–water partition coefficient (Wildman–Crippen LogP) is 8.28. The molecule has 0 aliphatic carbocycles. The first-order valence-corrected chi connectivity index (χ1v) is 12.5. The second-order valence-electron chi connectivity index (χ2n) is 9.33. The van der Waals surface area contributed by atoms with Gasteiger partial charge in [-0.1, -0.05) is 59.6 Å². The summed E-state index contributed by atoms with van der Waals surface area (Å²) in [5, 5.41) is 11.1. The van der Waals surface area contributed by atoms with Gasteiger partial charge in [0.05, 0.1) is 6.61 Å². The number of aliphatic carboxylic acids is 1. The number of allylic oxidation sites excluding steroid dienone is 2. The van der Waals surface area contributed by atoms with E-state index in [1.54, 1.807) is 18.3 Å². The van der Waals surface area contributed by atoms with Crippen molar-refractivity contribution in [1.82, 2.24) is 0 Å². The second kappa shape index (κ2) is 12.1.